The first-order chi connectivity index (χ1) is 9.65. The van der Waals surface area contributed by atoms with Crippen LogP contribution >= 0.6 is 0 Å². The van der Waals surface area contributed by atoms with Crippen molar-refractivity contribution in [1.29, 1.82) is 0 Å². The maximum atomic E-state index is 12.3. The number of nitrogens with zero attached hydrogens (tertiary/aromatic N) is 1. The van der Waals surface area contributed by atoms with Crippen molar-refractivity contribution in [3.05, 3.63) is 17.5 Å². The summed E-state index contributed by atoms with van der Waals surface area (Å²) in [6, 6.07) is -0.670. The van der Waals surface area contributed by atoms with Gasteiger partial charge in [0.25, 0.3) is 5.91 Å². The van der Waals surface area contributed by atoms with E-state index in [2.05, 4.69) is 15.5 Å². The number of ether oxygens (including phenoxy) is 1. The first-order valence-electron chi connectivity index (χ1n) is 7.19. The number of amides is 1. The minimum atomic E-state index is -0.670. The fourth-order valence-electron chi connectivity index (χ4n) is 1.83. The highest BCUT2D eigenvalue weighted by Crippen LogP contribution is 2.15. The van der Waals surface area contributed by atoms with Gasteiger partial charge in [-0.15, -0.1) is 0 Å². The third kappa shape index (κ3) is 4.88. The molecule has 1 rings (SSSR count). The van der Waals surface area contributed by atoms with Gasteiger partial charge in [-0.1, -0.05) is 20.3 Å². The Hall–Kier alpha value is -1.85. The van der Waals surface area contributed by atoms with Gasteiger partial charge in [-0.2, -0.15) is 5.10 Å². The molecule has 118 valence electrons. The molecule has 0 saturated carbocycles. The van der Waals surface area contributed by atoms with Crippen molar-refractivity contribution in [3.8, 4) is 0 Å². The number of aryl methyl sites for hydroxylation is 1. The van der Waals surface area contributed by atoms with Crippen LogP contribution in [0.5, 0.6) is 0 Å². The quantitative estimate of drug-likeness (QED) is 0.816. The lowest BCUT2D eigenvalue weighted by Crippen LogP contribution is -2.47. The van der Waals surface area contributed by atoms with Crippen LogP contribution in [0.3, 0.4) is 0 Å². The Morgan fingerprint density at radius 3 is 2.48 bits per heavy atom. The molecule has 2 atom stereocenters. The van der Waals surface area contributed by atoms with Crippen LogP contribution in [0.15, 0.2) is 6.20 Å². The minimum absolute atomic E-state index is 0.0176. The van der Waals surface area contributed by atoms with E-state index in [1.165, 1.54) is 6.20 Å². The van der Waals surface area contributed by atoms with Crippen LogP contribution in [0.2, 0.25) is 0 Å². The van der Waals surface area contributed by atoms with Crippen molar-refractivity contribution in [2.24, 2.45) is 5.92 Å². The van der Waals surface area contributed by atoms with Crippen LogP contribution in [-0.4, -0.2) is 33.7 Å². The third-order valence-electron chi connectivity index (χ3n) is 3.23. The van der Waals surface area contributed by atoms with Crippen molar-refractivity contribution < 1.29 is 14.3 Å². The summed E-state index contributed by atoms with van der Waals surface area (Å²) in [4.78, 5) is 24.5. The second kappa shape index (κ2) is 6.74. The van der Waals surface area contributed by atoms with Crippen LogP contribution in [0, 0.1) is 12.8 Å². The van der Waals surface area contributed by atoms with E-state index < -0.39 is 17.6 Å². The zero-order chi connectivity index (χ0) is 16.2. The fourth-order valence-corrected chi connectivity index (χ4v) is 1.83. The molecule has 0 saturated heterocycles. The molecule has 0 radical (unpaired) electrons. The number of carbonyl (C=O) groups excluding carboxylic acids is 2. The highest BCUT2D eigenvalue weighted by molar-refractivity contribution is 5.97. The summed E-state index contributed by atoms with van der Waals surface area (Å²) in [7, 11) is 0. The Bertz CT molecular complexity index is 503. The highest BCUT2D eigenvalue weighted by Gasteiger charge is 2.31. The molecule has 1 aromatic heterocycles. The van der Waals surface area contributed by atoms with Crippen molar-refractivity contribution in [2.75, 3.05) is 0 Å². The summed E-state index contributed by atoms with van der Waals surface area (Å²) < 4.78 is 5.39. The molecular weight excluding hydrogens is 270 g/mol. The zero-order valence-corrected chi connectivity index (χ0v) is 13.6. The third-order valence-corrected chi connectivity index (χ3v) is 3.23. The average molecular weight is 295 g/mol. The van der Waals surface area contributed by atoms with Gasteiger partial charge in [-0.3, -0.25) is 9.89 Å². The minimum Gasteiger partial charge on any atom is -0.458 e. The molecule has 6 heteroatoms. The molecule has 0 fully saturated rings. The molecule has 2 N–H and O–H groups in total. The van der Waals surface area contributed by atoms with Crippen LogP contribution < -0.4 is 5.32 Å². The van der Waals surface area contributed by atoms with E-state index in [0.29, 0.717) is 11.3 Å². The van der Waals surface area contributed by atoms with Crippen LogP contribution in [-0.2, 0) is 9.53 Å². The molecule has 0 aliphatic carbocycles. The van der Waals surface area contributed by atoms with Gasteiger partial charge in [0.1, 0.15) is 11.6 Å². The number of nitrogens with one attached hydrogen (secondary N) is 2. The second-order valence-corrected chi connectivity index (χ2v) is 6.28. The molecule has 6 nitrogen and oxygen atoms in total. The highest BCUT2D eigenvalue weighted by atomic mass is 16.6. The molecule has 1 heterocycles. The number of hydrogen-bond acceptors (Lipinski definition) is 4. The SMILES string of the molecule is CC[C@H](C)[C@H](NC(=O)c1cn[nH]c1C)C(=O)OC(C)(C)C. The summed E-state index contributed by atoms with van der Waals surface area (Å²) >= 11 is 0. The maximum Gasteiger partial charge on any atom is 0.329 e. The second-order valence-electron chi connectivity index (χ2n) is 6.28. The molecule has 0 bridgehead atoms. The van der Waals surface area contributed by atoms with E-state index in [1.807, 2.05) is 13.8 Å². The molecule has 0 unspecified atom stereocenters. The summed E-state index contributed by atoms with van der Waals surface area (Å²) in [5.74, 6) is -0.750. The monoisotopic (exact) mass is 295 g/mol. The van der Waals surface area contributed by atoms with Gasteiger partial charge in [0.05, 0.1) is 11.8 Å². The number of H-pyrrole nitrogens is 1. The van der Waals surface area contributed by atoms with Crippen molar-refractivity contribution >= 4 is 11.9 Å². The van der Waals surface area contributed by atoms with Gasteiger partial charge in [-0.05, 0) is 33.6 Å². The topological polar surface area (TPSA) is 84.1 Å². The lowest BCUT2D eigenvalue weighted by atomic mass is 9.98. The Labute approximate surface area is 125 Å². The van der Waals surface area contributed by atoms with Crippen molar-refractivity contribution in [1.82, 2.24) is 15.5 Å². The van der Waals surface area contributed by atoms with Gasteiger partial charge >= 0.3 is 5.97 Å². The number of esters is 1. The summed E-state index contributed by atoms with van der Waals surface area (Å²) in [6.45, 7) is 11.1. The number of carbonyl (C=O) groups is 2. The van der Waals surface area contributed by atoms with Crippen molar-refractivity contribution in [2.45, 2.75) is 59.6 Å². The summed E-state index contributed by atoms with van der Waals surface area (Å²) in [5.41, 5.74) is 0.519. The molecule has 1 aromatic rings. The van der Waals surface area contributed by atoms with E-state index >= 15 is 0 Å². The molecular formula is C15H25N3O3. The largest absolute Gasteiger partial charge is 0.458 e. The average Bonchev–Trinajstić information content (AvgIpc) is 2.78. The predicted molar refractivity (Wildman–Crippen MR) is 79.9 cm³/mol. The Kier molecular flexibility index (Phi) is 5.52. The lowest BCUT2D eigenvalue weighted by molar-refractivity contribution is -0.158. The number of aromatic amines is 1. The van der Waals surface area contributed by atoms with Crippen LogP contribution in [0.25, 0.3) is 0 Å². The van der Waals surface area contributed by atoms with Gasteiger partial charge < -0.3 is 10.1 Å². The number of aromatic nitrogens is 2. The van der Waals surface area contributed by atoms with Crippen LogP contribution in [0.1, 0.15) is 57.1 Å². The maximum absolute atomic E-state index is 12.3. The van der Waals surface area contributed by atoms with Crippen molar-refractivity contribution in [3.63, 3.8) is 0 Å². The fraction of sp³-hybridized carbons (Fsp3) is 0.667. The normalized spacial score (nSPS) is 14.4. The summed E-state index contributed by atoms with van der Waals surface area (Å²) in [6.07, 6.45) is 2.21. The van der Waals surface area contributed by atoms with E-state index in [0.717, 1.165) is 6.42 Å². The summed E-state index contributed by atoms with van der Waals surface area (Å²) in [5, 5.41) is 9.28. The first-order valence-corrected chi connectivity index (χ1v) is 7.19. The van der Waals surface area contributed by atoms with Gasteiger partial charge in [0.15, 0.2) is 0 Å². The van der Waals surface area contributed by atoms with Gasteiger partial charge in [0.2, 0.25) is 0 Å². The molecule has 0 aliphatic heterocycles. The van der Waals surface area contributed by atoms with E-state index in [-0.39, 0.29) is 11.8 Å². The Morgan fingerprint density at radius 2 is 2.05 bits per heavy atom. The Balaban J connectivity index is 2.87. The molecule has 0 aliphatic rings. The smallest absolute Gasteiger partial charge is 0.329 e. The van der Waals surface area contributed by atoms with Gasteiger partial charge in [0, 0.05) is 5.69 Å². The molecule has 0 aromatic carbocycles. The first kappa shape index (κ1) is 17.2. The molecule has 1 amide bonds. The van der Waals surface area contributed by atoms with E-state index in [4.69, 9.17) is 4.74 Å². The molecule has 21 heavy (non-hydrogen) atoms. The molecule has 0 spiro atoms. The van der Waals surface area contributed by atoms with Gasteiger partial charge in [-0.25, -0.2) is 4.79 Å². The van der Waals surface area contributed by atoms with Crippen LogP contribution in [0.4, 0.5) is 0 Å². The number of rotatable bonds is 5. The number of hydrogen-bond donors (Lipinski definition) is 2. The lowest BCUT2D eigenvalue weighted by Gasteiger charge is -2.27. The van der Waals surface area contributed by atoms with E-state index in [1.54, 1.807) is 27.7 Å². The predicted octanol–water partition coefficient (Wildman–Crippen LogP) is 2.20. The standard InChI is InChI=1S/C15H25N3O3/c1-7-9(2)12(14(20)21-15(4,5)6)17-13(19)11-8-16-18-10(11)3/h8-9,12H,7H2,1-6H3,(H,16,18)(H,17,19)/t9-,12-/m0/s1. The zero-order valence-electron chi connectivity index (χ0n) is 13.6. The van der Waals surface area contributed by atoms with E-state index in [9.17, 15) is 9.59 Å². The Morgan fingerprint density at radius 1 is 1.43 bits per heavy atom.